The normalized spacial score (nSPS) is 22.5. The van der Waals surface area contributed by atoms with E-state index < -0.39 is 0 Å². The molecular formula is C28H28N6O3. The standard InChI is InChI=1S/C28H28N6O3/c29-13-24-28(31-10-9-30-24)34-15-25-26(16-34)36-18-20-4-2-6-23(12-20)37-22-5-1-3-19(11-22)14-33(21-7-8-21)17-27(35)32-25/h1-6,9-12,21,25-26H,7-8,14-18H2,(H,32,35)/t25-,26-/m0/s1. The number of nitriles is 1. The fourth-order valence-corrected chi connectivity index (χ4v) is 5.07. The van der Waals surface area contributed by atoms with E-state index in [0.29, 0.717) is 44.6 Å². The number of carbonyl (C=O) groups excluding carboxylic acids is 1. The van der Waals surface area contributed by atoms with Crippen molar-refractivity contribution in [1.29, 1.82) is 5.26 Å². The van der Waals surface area contributed by atoms with Gasteiger partial charge in [0.05, 0.1) is 25.3 Å². The van der Waals surface area contributed by atoms with Crippen LogP contribution in [0.5, 0.6) is 11.5 Å². The third-order valence-corrected chi connectivity index (χ3v) is 6.99. The quantitative estimate of drug-likeness (QED) is 0.578. The molecule has 3 aromatic rings. The lowest BCUT2D eigenvalue weighted by Crippen LogP contribution is -2.48. The number of amides is 1. The smallest absolute Gasteiger partial charge is 0.234 e. The molecule has 2 aromatic carbocycles. The van der Waals surface area contributed by atoms with Crippen LogP contribution in [0.4, 0.5) is 5.82 Å². The van der Waals surface area contributed by atoms with E-state index >= 15 is 0 Å². The van der Waals surface area contributed by atoms with Crippen LogP contribution in [0.1, 0.15) is 29.7 Å². The summed E-state index contributed by atoms with van der Waals surface area (Å²) in [6.07, 6.45) is 5.01. The number of hydrogen-bond acceptors (Lipinski definition) is 8. The Kier molecular flexibility index (Phi) is 6.43. The van der Waals surface area contributed by atoms with E-state index in [1.165, 1.54) is 6.20 Å². The number of carbonyl (C=O) groups is 1. The molecule has 1 N–H and O–H groups in total. The van der Waals surface area contributed by atoms with Crippen LogP contribution in [-0.4, -0.2) is 58.6 Å². The van der Waals surface area contributed by atoms with Gasteiger partial charge in [0.25, 0.3) is 0 Å². The van der Waals surface area contributed by atoms with Crippen molar-refractivity contribution in [3.63, 3.8) is 0 Å². The van der Waals surface area contributed by atoms with Crippen molar-refractivity contribution in [2.24, 2.45) is 0 Å². The number of nitrogens with zero attached hydrogens (tertiary/aromatic N) is 5. The largest absolute Gasteiger partial charge is 0.457 e. The van der Waals surface area contributed by atoms with Crippen LogP contribution in [-0.2, 0) is 22.7 Å². The van der Waals surface area contributed by atoms with Crippen molar-refractivity contribution < 1.29 is 14.3 Å². The van der Waals surface area contributed by atoms with Crippen LogP contribution < -0.4 is 15.0 Å². The van der Waals surface area contributed by atoms with Gasteiger partial charge in [0.2, 0.25) is 5.91 Å². The van der Waals surface area contributed by atoms with Gasteiger partial charge in [-0.05, 0) is 48.2 Å². The number of anilines is 1. The molecule has 1 saturated carbocycles. The topological polar surface area (TPSA) is 104 Å². The number of rotatable bonds is 2. The molecular weight excluding hydrogens is 468 g/mol. The summed E-state index contributed by atoms with van der Waals surface area (Å²) in [5.74, 6) is 2.00. The molecule has 188 valence electrons. The Morgan fingerprint density at radius 1 is 0.973 bits per heavy atom. The Hall–Kier alpha value is -4.00. The number of nitrogens with one attached hydrogen (secondary N) is 1. The van der Waals surface area contributed by atoms with Gasteiger partial charge in [0.15, 0.2) is 11.5 Å². The lowest BCUT2D eigenvalue weighted by molar-refractivity contribution is -0.124. The predicted molar refractivity (Wildman–Crippen MR) is 136 cm³/mol. The maximum absolute atomic E-state index is 13.3. The summed E-state index contributed by atoms with van der Waals surface area (Å²) in [7, 11) is 0. The summed E-state index contributed by atoms with van der Waals surface area (Å²) in [4.78, 5) is 26.0. The highest BCUT2D eigenvalue weighted by molar-refractivity contribution is 5.78. The van der Waals surface area contributed by atoms with Gasteiger partial charge in [0.1, 0.15) is 17.6 Å². The second kappa shape index (κ2) is 10.2. The van der Waals surface area contributed by atoms with Gasteiger partial charge in [0, 0.05) is 38.1 Å². The third kappa shape index (κ3) is 5.40. The Bertz CT molecular complexity index is 1340. The summed E-state index contributed by atoms with van der Waals surface area (Å²) in [5.41, 5.74) is 2.35. The van der Waals surface area contributed by atoms with E-state index in [-0.39, 0.29) is 23.7 Å². The minimum Gasteiger partial charge on any atom is -0.457 e. The minimum atomic E-state index is -0.280. The highest BCUT2D eigenvalue weighted by Gasteiger charge is 2.37. The van der Waals surface area contributed by atoms with Crippen LogP contribution >= 0.6 is 0 Å². The number of ether oxygens (including phenoxy) is 2. The van der Waals surface area contributed by atoms with Crippen LogP contribution in [0.25, 0.3) is 0 Å². The molecule has 3 heterocycles. The Morgan fingerprint density at radius 3 is 2.51 bits per heavy atom. The van der Waals surface area contributed by atoms with Crippen molar-refractivity contribution in [2.45, 2.75) is 44.2 Å². The predicted octanol–water partition coefficient (Wildman–Crippen LogP) is 3.01. The molecule has 0 unspecified atom stereocenters. The van der Waals surface area contributed by atoms with Gasteiger partial charge >= 0.3 is 0 Å². The van der Waals surface area contributed by atoms with Crippen LogP contribution in [0.15, 0.2) is 60.9 Å². The third-order valence-electron chi connectivity index (χ3n) is 6.99. The van der Waals surface area contributed by atoms with E-state index in [1.807, 2.05) is 47.4 Å². The van der Waals surface area contributed by atoms with E-state index in [0.717, 1.165) is 35.5 Å². The van der Waals surface area contributed by atoms with Gasteiger partial charge < -0.3 is 19.7 Å². The first-order valence-electron chi connectivity index (χ1n) is 12.6. The van der Waals surface area contributed by atoms with Crippen LogP contribution in [0.3, 0.4) is 0 Å². The first kappa shape index (κ1) is 23.4. The average Bonchev–Trinajstić information content (AvgIpc) is 3.68. The first-order chi connectivity index (χ1) is 18.1. The maximum Gasteiger partial charge on any atom is 0.234 e. The molecule has 6 rings (SSSR count). The van der Waals surface area contributed by atoms with Crippen molar-refractivity contribution in [1.82, 2.24) is 20.2 Å². The van der Waals surface area contributed by atoms with Gasteiger partial charge in [-0.1, -0.05) is 24.3 Å². The molecule has 9 heteroatoms. The molecule has 1 aromatic heterocycles. The zero-order chi connectivity index (χ0) is 25.2. The minimum absolute atomic E-state index is 0.0338. The zero-order valence-electron chi connectivity index (χ0n) is 20.4. The second-order valence-corrected chi connectivity index (χ2v) is 9.80. The molecule has 3 aliphatic rings. The summed E-state index contributed by atoms with van der Waals surface area (Å²) in [6, 6.07) is 18.2. The Balaban J connectivity index is 1.29. The Labute approximate surface area is 215 Å². The Morgan fingerprint density at radius 2 is 1.73 bits per heavy atom. The molecule has 4 bridgehead atoms. The molecule has 1 amide bonds. The molecule has 2 fully saturated rings. The summed E-state index contributed by atoms with van der Waals surface area (Å²) >= 11 is 0. The molecule has 0 radical (unpaired) electrons. The zero-order valence-corrected chi connectivity index (χ0v) is 20.4. The highest BCUT2D eigenvalue weighted by atomic mass is 16.5. The van der Waals surface area contributed by atoms with E-state index in [4.69, 9.17) is 9.47 Å². The fourth-order valence-electron chi connectivity index (χ4n) is 5.07. The average molecular weight is 497 g/mol. The van der Waals surface area contributed by atoms with E-state index in [2.05, 4.69) is 32.3 Å². The van der Waals surface area contributed by atoms with Gasteiger partial charge in [-0.2, -0.15) is 5.26 Å². The highest BCUT2D eigenvalue weighted by Crippen LogP contribution is 2.30. The summed E-state index contributed by atoms with van der Waals surface area (Å²) in [5, 5.41) is 12.7. The number of benzene rings is 2. The van der Waals surface area contributed by atoms with Crippen molar-refractivity contribution in [3.05, 3.63) is 77.7 Å². The van der Waals surface area contributed by atoms with Gasteiger partial charge in [-0.25, -0.2) is 9.97 Å². The molecule has 37 heavy (non-hydrogen) atoms. The monoisotopic (exact) mass is 496 g/mol. The van der Waals surface area contributed by atoms with Crippen LogP contribution in [0.2, 0.25) is 0 Å². The lowest BCUT2D eigenvalue weighted by Gasteiger charge is -2.25. The van der Waals surface area contributed by atoms with E-state index in [9.17, 15) is 10.1 Å². The summed E-state index contributed by atoms with van der Waals surface area (Å²) in [6.45, 7) is 2.33. The number of aromatic nitrogens is 2. The van der Waals surface area contributed by atoms with Crippen molar-refractivity contribution in [3.8, 4) is 17.6 Å². The van der Waals surface area contributed by atoms with Gasteiger partial charge in [-0.3, -0.25) is 9.69 Å². The molecule has 2 aliphatic heterocycles. The number of hydrogen-bond donors (Lipinski definition) is 1. The van der Waals surface area contributed by atoms with Gasteiger partial charge in [-0.15, -0.1) is 0 Å². The maximum atomic E-state index is 13.3. The molecule has 1 saturated heterocycles. The van der Waals surface area contributed by atoms with Crippen LogP contribution in [0, 0.1) is 11.3 Å². The molecule has 1 aliphatic carbocycles. The van der Waals surface area contributed by atoms with Crippen molar-refractivity contribution >= 4 is 11.7 Å². The van der Waals surface area contributed by atoms with E-state index in [1.54, 1.807) is 6.20 Å². The summed E-state index contributed by atoms with van der Waals surface area (Å²) < 4.78 is 12.5. The number of fused-ring (bicyclic) bond motifs is 5. The molecule has 2 atom stereocenters. The second-order valence-electron chi connectivity index (χ2n) is 9.80. The first-order valence-corrected chi connectivity index (χ1v) is 12.6. The molecule has 0 spiro atoms. The molecule has 9 nitrogen and oxygen atoms in total. The SMILES string of the molecule is N#Cc1nccnc1N1C[C@@H]2NC(=O)CN(C3CC3)Cc3cccc(c3)Oc3cccc(c3)CO[C@H]2C1. The fraction of sp³-hybridized carbons (Fsp3) is 0.357. The lowest BCUT2D eigenvalue weighted by atomic mass is 10.1. The van der Waals surface area contributed by atoms with Crippen molar-refractivity contribution in [2.75, 3.05) is 24.5 Å².